The molecule has 0 spiro atoms. The summed E-state index contributed by atoms with van der Waals surface area (Å²) in [5, 5.41) is 53.6. The van der Waals surface area contributed by atoms with Crippen LogP contribution >= 0.6 is 0 Å². The lowest BCUT2D eigenvalue weighted by Crippen LogP contribution is -2.61. The van der Waals surface area contributed by atoms with Gasteiger partial charge in [0.1, 0.15) is 18.3 Å². The number of hydrogen-bond donors (Lipinski definition) is 6. The predicted octanol–water partition coefficient (Wildman–Crippen LogP) is 7.48. The van der Waals surface area contributed by atoms with Crippen LogP contribution in [0, 0.1) is 0 Å². The molecule has 10 heteroatoms. The zero-order chi connectivity index (χ0) is 36.8. The predicted molar refractivity (Wildman–Crippen MR) is 199 cm³/mol. The number of nitrogens with one attached hydrogen (secondary N) is 1. The van der Waals surface area contributed by atoms with Gasteiger partial charge < -0.3 is 40.3 Å². The van der Waals surface area contributed by atoms with Crippen molar-refractivity contribution in [2.75, 3.05) is 6.61 Å². The van der Waals surface area contributed by atoms with Gasteiger partial charge >= 0.3 is 5.97 Å². The lowest BCUT2D eigenvalue weighted by molar-refractivity contribution is -0.295. The van der Waals surface area contributed by atoms with Crippen molar-refractivity contribution < 1.29 is 44.6 Å². The number of carbonyl (C=O) groups is 2. The SMILES string of the molecule is CCCCCCCCCCCCC/C=C/C(O)[C@H](CO[C@H]1OC(C(=O)O)[C@H](O)C(O)[C@H]1O)NC(=O)CCCCCCCCCCCCCCC. The monoisotopic (exact) mass is 714 g/mol. The summed E-state index contributed by atoms with van der Waals surface area (Å²) in [4.78, 5) is 24.4. The van der Waals surface area contributed by atoms with Gasteiger partial charge in [0.15, 0.2) is 12.4 Å². The van der Waals surface area contributed by atoms with Crippen LogP contribution in [0.4, 0.5) is 0 Å². The summed E-state index contributed by atoms with van der Waals surface area (Å²) < 4.78 is 10.8. The van der Waals surface area contributed by atoms with E-state index in [0.717, 1.165) is 44.9 Å². The first-order valence-electron chi connectivity index (χ1n) is 20.4. The van der Waals surface area contributed by atoms with Crippen molar-refractivity contribution in [3.63, 3.8) is 0 Å². The number of carbonyl (C=O) groups excluding carboxylic acids is 1. The normalized spacial score (nSPS) is 22.2. The number of carboxylic acids is 1. The number of unbranched alkanes of at least 4 members (excludes halogenated alkanes) is 23. The van der Waals surface area contributed by atoms with E-state index in [0.29, 0.717) is 6.42 Å². The van der Waals surface area contributed by atoms with Gasteiger partial charge in [-0.1, -0.05) is 167 Å². The Bertz CT molecular complexity index is 857. The third-order valence-electron chi connectivity index (χ3n) is 9.83. The summed E-state index contributed by atoms with van der Waals surface area (Å²) in [6.07, 6.45) is 24.3. The number of allylic oxidation sites excluding steroid dienone is 1. The Morgan fingerprint density at radius 1 is 0.660 bits per heavy atom. The molecule has 1 aliphatic rings. The first-order chi connectivity index (χ1) is 24.2. The number of carboxylic acid groups (broad SMARTS) is 1. The largest absolute Gasteiger partial charge is 0.479 e. The van der Waals surface area contributed by atoms with Crippen molar-refractivity contribution in [2.24, 2.45) is 0 Å². The highest BCUT2D eigenvalue weighted by atomic mass is 16.7. The molecule has 1 aliphatic heterocycles. The van der Waals surface area contributed by atoms with E-state index in [4.69, 9.17) is 9.47 Å². The third-order valence-corrected chi connectivity index (χ3v) is 9.83. The first kappa shape index (κ1) is 46.5. The number of ether oxygens (including phenoxy) is 2. The fourth-order valence-corrected chi connectivity index (χ4v) is 6.49. The van der Waals surface area contributed by atoms with Crippen LogP contribution in [0.5, 0.6) is 0 Å². The molecular weight excluding hydrogens is 638 g/mol. The first-order valence-corrected chi connectivity index (χ1v) is 20.4. The van der Waals surface area contributed by atoms with Gasteiger partial charge in [-0.05, 0) is 19.3 Å². The van der Waals surface area contributed by atoms with E-state index >= 15 is 0 Å². The van der Waals surface area contributed by atoms with E-state index < -0.39 is 48.8 Å². The van der Waals surface area contributed by atoms with Crippen molar-refractivity contribution in [3.8, 4) is 0 Å². The molecule has 0 aliphatic carbocycles. The Kier molecular flexibility index (Phi) is 28.8. The topological polar surface area (TPSA) is 166 Å². The van der Waals surface area contributed by atoms with Gasteiger partial charge in [0.05, 0.1) is 18.8 Å². The number of hydrogen-bond acceptors (Lipinski definition) is 8. The molecule has 294 valence electrons. The molecule has 0 bridgehead atoms. The van der Waals surface area contributed by atoms with E-state index in [9.17, 15) is 35.1 Å². The fraction of sp³-hybridized carbons (Fsp3) is 0.900. The summed E-state index contributed by atoms with van der Waals surface area (Å²) in [5.74, 6) is -1.74. The highest BCUT2D eigenvalue weighted by Crippen LogP contribution is 2.23. The Balaban J connectivity index is 2.48. The van der Waals surface area contributed by atoms with Crippen LogP contribution in [0.1, 0.15) is 181 Å². The number of aliphatic carboxylic acids is 1. The minimum atomic E-state index is -1.83. The zero-order valence-electron chi connectivity index (χ0n) is 31.7. The molecule has 1 amide bonds. The molecule has 0 aromatic carbocycles. The molecule has 0 aromatic heterocycles. The number of aliphatic hydroxyl groups excluding tert-OH is 4. The molecule has 1 heterocycles. The van der Waals surface area contributed by atoms with Gasteiger partial charge in [0, 0.05) is 6.42 Å². The average Bonchev–Trinajstić information content (AvgIpc) is 3.10. The Hall–Kier alpha value is -1.56. The van der Waals surface area contributed by atoms with Gasteiger partial charge in [0.2, 0.25) is 5.91 Å². The average molecular weight is 714 g/mol. The maximum absolute atomic E-state index is 12.9. The highest BCUT2D eigenvalue weighted by molar-refractivity contribution is 5.76. The summed E-state index contributed by atoms with van der Waals surface area (Å²) >= 11 is 0. The minimum absolute atomic E-state index is 0.233. The van der Waals surface area contributed by atoms with Crippen molar-refractivity contribution in [1.82, 2.24) is 5.32 Å². The minimum Gasteiger partial charge on any atom is -0.479 e. The summed E-state index contributed by atoms with van der Waals surface area (Å²) in [5.41, 5.74) is 0. The lowest BCUT2D eigenvalue weighted by atomic mass is 9.99. The number of aliphatic hydroxyl groups is 4. The molecule has 1 fully saturated rings. The molecule has 10 nitrogen and oxygen atoms in total. The van der Waals surface area contributed by atoms with Gasteiger partial charge in [-0.15, -0.1) is 0 Å². The Morgan fingerprint density at radius 2 is 1.10 bits per heavy atom. The number of amides is 1. The van der Waals surface area contributed by atoms with Gasteiger partial charge in [-0.2, -0.15) is 0 Å². The van der Waals surface area contributed by atoms with Crippen molar-refractivity contribution in [2.45, 2.75) is 224 Å². The molecule has 7 atom stereocenters. The fourth-order valence-electron chi connectivity index (χ4n) is 6.49. The quantitative estimate of drug-likeness (QED) is 0.0299. The summed E-state index contributed by atoms with van der Waals surface area (Å²) in [7, 11) is 0. The smallest absolute Gasteiger partial charge is 0.335 e. The van der Waals surface area contributed by atoms with E-state index in [1.54, 1.807) is 6.08 Å². The third kappa shape index (κ3) is 22.4. The molecule has 0 saturated carbocycles. The maximum Gasteiger partial charge on any atom is 0.335 e. The van der Waals surface area contributed by atoms with E-state index in [-0.39, 0.29) is 12.5 Å². The van der Waals surface area contributed by atoms with Crippen LogP contribution in [0.3, 0.4) is 0 Å². The van der Waals surface area contributed by atoms with Crippen LogP contribution in [0.25, 0.3) is 0 Å². The van der Waals surface area contributed by atoms with Gasteiger partial charge in [0.25, 0.3) is 0 Å². The van der Waals surface area contributed by atoms with Crippen molar-refractivity contribution in [3.05, 3.63) is 12.2 Å². The molecule has 3 unspecified atom stereocenters. The van der Waals surface area contributed by atoms with E-state index in [2.05, 4.69) is 19.2 Å². The molecule has 50 heavy (non-hydrogen) atoms. The van der Waals surface area contributed by atoms with Crippen LogP contribution < -0.4 is 5.32 Å². The number of rotatable bonds is 33. The molecule has 0 radical (unpaired) electrons. The second-order valence-corrected chi connectivity index (χ2v) is 14.5. The Labute approximate surface area is 303 Å². The van der Waals surface area contributed by atoms with Crippen LogP contribution in [0.15, 0.2) is 12.2 Å². The van der Waals surface area contributed by atoms with Gasteiger partial charge in [-0.3, -0.25) is 4.79 Å². The summed E-state index contributed by atoms with van der Waals surface area (Å²) in [6.45, 7) is 4.18. The standard InChI is InChI=1S/C40H75NO9/c1-3-5-7-9-11-13-15-17-19-21-23-25-27-29-33(42)32(31-49-40-37(46)35(44)36(45)38(50-40)39(47)48)41-34(43)30-28-26-24-22-20-18-16-14-12-10-8-6-4-2/h27,29,32-33,35-38,40,42,44-46H,3-26,28,30-31H2,1-2H3,(H,41,43)(H,47,48)/b29-27+/t32-,33?,35?,36+,37+,38?,40-/m0/s1. The van der Waals surface area contributed by atoms with Crippen LogP contribution in [0.2, 0.25) is 0 Å². The molecule has 6 N–H and O–H groups in total. The second kappa shape index (κ2) is 31.0. The molecule has 1 saturated heterocycles. The Morgan fingerprint density at radius 3 is 1.56 bits per heavy atom. The van der Waals surface area contributed by atoms with Crippen molar-refractivity contribution >= 4 is 11.9 Å². The van der Waals surface area contributed by atoms with E-state index in [1.165, 1.54) is 116 Å². The van der Waals surface area contributed by atoms with Crippen molar-refractivity contribution in [1.29, 1.82) is 0 Å². The molecular formula is C40H75NO9. The second-order valence-electron chi connectivity index (χ2n) is 14.5. The van der Waals surface area contributed by atoms with Crippen LogP contribution in [-0.2, 0) is 19.1 Å². The molecule has 0 aromatic rings. The lowest BCUT2D eigenvalue weighted by Gasteiger charge is -2.39. The zero-order valence-corrected chi connectivity index (χ0v) is 31.7. The molecule has 1 rings (SSSR count). The van der Waals surface area contributed by atoms with Gasteiger partial charge in [-0.25, -0.2) is 4.79 Å². The van der Waals surface area contributed by atoms with Crippen LogP contribution in [-0.4, -0.2) is 86.9 Å². The van der Waals surface area contributed by atoms with E-state index in [1.807, 2.05) is 6.08 Å². The maximum atomic E-state index is 12.9. The summed E-state index contributed by atoms with van der Waals surface area (Å²) in [6, 6.07) is -0.888. The highest BCUT2D eigenvalue weighted by Gasteiger charge is 2.47.